The molecule has 1 amide bonds. The average Bonchev–Trinajstić information content (AvgIpc) is 3.36. The number of benzene rings is 1. The zero-order valence-corrected chi connectivity index (χ0v) is 20.7. The second-order valence-corrected chi connectivity index (χ2v) is 9.66. The third-order valence-corrected chi connectivity index (χ3v) is 6.73. The van der Waals surface area contributed by atoms with Crippen LogP contribution in [-0.4, -0.2) is 50.2 Å². The lowest BCUT2D eigenvalue weighted by molar-refractivity contribution is 0.0667. The first-order chi connectivity index (χ1) is 16.2. The van der Waals surface area contributed by atoms with Gasteiger partial charge in [0.05, 0.1) is 33.7 Å². The summed E-state index contributed by atoms with van der Waals surface area (Å²) in [5.41, 5.74) is 4.14. The van der Waals surface area contributed by atoms with Crippen molar-refractivity contribution in [1.29, 1.82) is 0 Å². The van der Waals surface area contributed by atoms with Gasteiger partial charge in [-0.05, 0) is 51.5 Å². The summed E-state index contributed by atoms with van der Waals surface area (Å²) in [7, 11) is 3.71. The van der Waals surface area contributed by atoms with Crippen molar-refractivity contribution in [1.82, 2.24) is 19.5 Å². The van der Waals surface area contributed by atoms with Gasteiger partial charge in [-0.2, -0.15) is 0 Å². The van der Waals surface area contributed by atoms with Crippen molar-refractivity contribution in [3.63, 3.8) is 0 Å². The Morgan fingerprint density at radius 3 is 2.44 bits per heavy atom. The summed E-state index contributed by atoms with van der Waals surface area (Å²) in [6.07, 6.45) is 3.90. The minimum absolute atomic E-state index is 0.266. The molecule has 4 rings (SSSR count). The van der Waals surface area contributed by atoms with Gasteiger partial charge in [-0.1, -0.05) is 0 Å². The smallest absolute Gasteiger partial charge is 0.269 e. The monoisotopic (exact) mass is 479 g/mol. The van der Waals surface area contributed by atoms with Crippen LogP contribution in [-0.2, 0) is 6.54 Å². The molecule has 3 heterocycles. The fourth-order valence-corrected chi connectivity index (χ4v) is 4.64. The maximum Gasteiger partial charge on any atom is 0.269 e. The standard InChI is InChI=1S/C24H29N7O2S/c1-14-20(34-22(28-14)15-6-9-27-10-7-15)21(32)30-23-29-18-12-16(25-4)17(26-5)13-19(18)31(23)11-8-24(2,3)33/h6-7,9-10,12-13,25-26,33H,8,11H2,1-5H3,(H,29,30,32). The SMILES string of the molecule is CNc1cc2nc(NC(=O)c3sc(-c4ccncc4)nc3C)n(CCC(C)(C)O)c2cc1NC. The van der Waals surface area contributed by atoms with Gasteiger partial charge in [0, 0.05) is 38.6 Å². The Balaban J connectivity index is 1.72. The number of rotatable bonds is 8. The molecule has 178 valence electrons. The van der Waals surface area contributed by atoms with Crippen molar-refractivity contribution in [2.24, 2.45) is 0 Å². The fourth-order valence-electron chi connectivity index (χ4n) is 3.68. The molecule has 3 aromatic heterocycles. The van der Waals surface area contributed by atoms with E-state index in [-0.39, 0.29) is 5.91 Å². The molecule has 4 aromatic rings. The Bertz CT molecular complexity index is 1320. The van der Waals surface area contributed by atoms with Gasteiger partial charge in [0.15, 0.2) is 0 Å². The summed E-state index contributed by atoms with van der Waals surface area (Å²) in [6.45, 7) is 5.85. The van der Waals surface area contributed by atoms with E-state index in [1.54, 1.807) is 26.2 Å². The van der Waals surface area contributed by atoms with Crippen LogP contribution in [0.25, 0.3) is 21.6 Å². The number of thiazole rings is 1. The van der Waals surface area contributed by atoms with E-state index >= 15 is 0 Å². The zero-order valence-electron chi connectivity index (χ0n) is 19.9. The molecular weight excluding hydrogens is 450 g/mol. The summed E-state index contributed by atoms with van der Waals surface area (Å²) in [5.74, 6) is 0.163. The molecule has 0 aliphatic carbocycles. The first-order valence-corrected chi connectivity index (χ1v) is 11.8. The minimum Gasteiger partial charge on any atom is -0.390 e. The number of anilines is 3. The molecule has 0 unspecified atom stereocenters. The second-order valence-electron chi connectivity index (χ2n) is 8.66. The Labute approximate surface area is 202 Å². The van der Waals surface area contributed by atoms with Gasteiger partial charge in [-0.25, -0.2) is 9.97 Å². The molecule has 4 N–H and O–H groups in total. The zero-order chi connectivity index (χ0) is 24.5. The molecular formula is C24H29N7O2S. The maximum atomic E-state index is 13.3. The van der Waals surface area contributed by atoms with Crippen molar-refractivity contribution in [2.45, 2.75) is 39.3 Å². The van der Waals surface area contributed by atoms with E-state index in [0.717, 1.165) is 33.0 Å². The van der Waals surface area contributed by atoms with E-state index in [1.807, 2.05) is 49.9 Å². The van der Waals surface area contributed by atoms with E-state index < -0.39 is 5.60 Å². The summed E-state index contributed by atoms with van der Waals surface area (Å²) < 4.78 is 1.94. The molecule has 0 atom stereocenters. The molecule has 0 saturated carbocycles. The highest BCUT2D eigenvalue weighted by atomic mass is 32.1. The quantitative estimate of drug-likeness (QED) is 0.297. The van der Waals surface area contributed by atoms with Gasteiger partial charge in [0.1, 0.15) is 9.88 Å². The number of carbonyl (C=O) groups is 1. The highest BCUT2D eigenvalue weighted by Crippen LogP contribution is 2.32. The molecule has 0 radical (unpaired) electrons. The Morgan fingerprint density at radius 2 is 1.79 bits per heavy atom. The van der Waals surface area contributed by atoms with Crippen molar-refractivity contribution in [2.75, 3.05) is 30.0 Å². The molecule has 34 heavy (non-hydrogen) atoms. The fraction of sp³-hybridized carbons (Fsp3) is 0.333. The summed E-state index contributed by atoms with van der Waals surface area (Å²) in [6, 6.07) is 7.67. The van der Waals surface area contributed by atoms with Gasteiger partial charge >= 0.3 is 0 Å². The number of amides is 1. The van der Waals surface area contributed by atoms with Crippen LogP contribution in [0.15, 0.2) is 36.7 Å². The first kappa shape index (κ1) is 23.7. The lowest BCUT2D eigenvalue weighted by Crippen LogP contribution is -2.22. The predicted octanol–water partition coefficient (Wildman–Crippen LogP) is 4.36. The number of carbonyl (C=O) groups excluding carboxylic acids is 1. The number of aromatic nitrogens is 4. The number of aryl methyl sites for hydroxylation is 2. The van der Waals surface area contributed by atoms with E-state index in [4.69, 9.17) is 4.98 Å². The summed E-state index contributed by atoms with van der Waals surface area (Å²) >= 11 is 1.33. The minimum atomic E-state index is -0.859. The molecule has 0 spiro atoms. The maximum absolute atomic E-state index is 13.3. The van der Waals surface area contributed by atoms with Crippen LogP contribution in [0.5, 0.6) is 0 Å². The van der Waals surface area contributed by atoms with Crippen LogP contribution in [0.2, 0.25) is 0 Å². The number of nitrogens with one attached hydrogen (secondary N) is 3. The Morgan fingerprint density at radius 1 is 1.12 bits per heavy atom. The third kappa shape index (κ3) is 4.87. The van der Waals surface area contributed by atoms with Crippen molar-refractivity contribution >= 4 is 45.6 Å². The normalized spacial score (nSPS) is 11.6. The number of imidazole rings is 1. The number of hydrogen-bond acceptors (Lipinski definition) is 8. The van der Waals surface area contributed by atoms with Crippen LogP contribution in [0, 0.1) is 6.92 Å². The summed E-state index contributed by atoms with van der Waals surface area (Å²) in [4.78, 5) is 27.1. The van der Waals surface area contributed by atoms with Crippen LogP contribution in [0.1, 0.15) is 35.6 Å². The van der Waals surface area contributed by atoms with Gasteiger partial charge in [-0.15, -0.1) is 11.3 Å². The number of fused-ring (bicyclic) bond motifs is 1. The lowest BCUT2D eigenvalue weighted by Gasteiger charge is -2.19. The number of nitrogens with zero attached hydrogens (tertiary/aromatic N) is 4. The molecule has 10 heteroatoms. The first-order valence-electron chi connectivity index (χ1n) is 11.0. The third-order valence-electron chi connectivity index (χ3n) is 5.53. The number of aliphatic hydroxyl groups is 1. The van der Waals surface area contributed by atoms with E-state index in [0.29, 0.717) is 29.5 Å². The highest BCUT2D eigenvalue weighted by molar-refractivity contribution is 7.17. The molecule has 1 aromatic carbocycles. The highest BCUT2D eigenvalue weighted by Gasteiger charge is 2.22. The van der Waals surface area contributed by atoms with Crippen molar-refractivity contribution < 1.29 is 9.90 Å². The van der Waals surface area contributed by atoms with E-state index in [9.17, 15) is 9.90 Å². The molecule has 0 fully saturated rings. The molecule has 0 aliphatic heterocycles. The van der Waals surface area contributed by atoms with Gasteiger partial charge in [0.2, 0.25) is 5.95 Å². The van der Waals surface area contributed by atoms with Gasteiger partial charge < -0.3 is 20.3 Å². The van der Waals surface area contributed by atoms with E-state index in [2.05, 4.69) is 25.9 Å². The Kier molecular flexibility index (Phi) is 6.54. The Hall–Kier alpha value is -3.50. The average molecular weight is 480 g/mol. The van der Waals surface area contributed by atoms with Gasteiger partial charge in [-0.3, -0.25) is 15.1 Å². The predicted molar refractivity (Wildman–Crippen MR) is 138 cm³/mol. The number of pyridine rings is 1. The molecule has 0 bridgehead atoms. The van der Waals surface area contributed by atoms with Crippen LogP contribution < -0.4 is 16.0 Å². The molecule has 0 aliphatic rings. The molecule has 9 nitrogen and oxygen atoms in total. The topological polar surface area (TPSA) is 117 Å². The van der Waals surface area contributed by atoms with Crippen LogP contribution in [0.3, 0.4) is 0 Å². The molecule has 0 saturated heterocycles. The van der Waals surface area contributed by atoms with Crippen molar-refractivity contribution in [3.8, 4) is 10.6 Å². The van der Waals surface area contributed by atoms with Crippen LogP contribution in [0.4, 0.5) is 17.3 Å². The second kappa shape index (κ2) is 9.40. The summed E-state index contributed by atoms with van der Waals surface area (Å²) in [5, 5.41) is 20.4. The van der Waals surface area contributed by atoms with Crippen molar-refractivity contribution in [3.05, 3.63) is 47.2 Å². The van der Waals surface area contributed by atoms with E-state index in [1.165, 1.54) is 11.3 Å². The van der Waals surface area contributed by atoms with Gasteiger partial charge in [0.25, 0.3) is 5.91 Å². The lowest BCUT2D eigenvalue weighted by atomic mass is 10.1. The number of hydrogen-bond donors (Lipinski definition) is 4. The largest absolute Gasteiger partial charge is 0.390 e. The van der Waals surface area contributed by atoms with Crippen LogP contribution >= 0.6 is 11.3 Å².